The van der Waals surface area contributed by atoms with Gasteiger partial charge in [-0.1, -0.05) is 24.5 Å². The average molecular weight is 707 g/mol. The molecular weight excluding hydrogens is 682 g/mol. The van der Waals surface area contributed by atoms with Crippen molar-refractivity contribution in [3.63, 3.8) is 0 Å². The minimum absolute atomic E-state index is 0.0274. The third kappa shape index (κ3) is 5.55. The van der Waals surface area contributed by atoms with Gasteiger partial charge in [-0.05, 0) is 0 Å². The standard InChI is InChI=1S/C20H24N10O11P2S2/c21-14-8-15(24-3-23-14)29(4-25-8)18-10(31)12-6(38-18)1-36-43(35,45)41-13-7(2-37-42(34,44)40-12)39-19(11(13)32)30-5-26-9-16(30)27-20(22)28-17(9)33/h3-7,10-13,18-19,31-32H,1-2H2,(H,34,44)(H,35,45)(H2,21,23,24)(H3,22,27,28,33)/t6-,7-,10-,11-,12-,13-,18-,19-,42-,43?/m1/s1. The van der Waals surface area contributed by atoms with Crippen LogP contribution in [0, 0.1) is 0 Å². The number of ether oxygens (including phenoxy) is 2. The maximum Gasteiger partial charge on any atom is 0.386 e. The Hall–Kier alpha value is -2.66. The van der Waals surface area contributed by atoms with Crippen molar-refractivity contribution in [3.8, 4) is 0 Å². The molecule has 10 atom stereocenters. The summed E-state index contributed by atoms with van der Waals surface area (Å²) < 4.78 is 63.5. The number of thiol groups is 2. The first-order chi connectivity index (χ1) is 21.3. The molecule has 25 heteroatoms. The quantitative estimate of drug-likeness (QED) is 0.102. The van der Waals surface area contributed by atoms with E-state index in [1.54, 1.807) is 0 Å². The van der Waals surface area contributed by atoms with Gasteiger partial charge in [0.2, 0.25) is 5.95 Å². The van der Waals surface area contributed by atoms with Crippen LogP contribution >= 0.6 is 38.1 Å². The van der Waals surface area contributed by atoms with Crippen molar-refractivity contribution < 1.29 is 46.9 Å². The lowest BCUT2D eigenvalue weighted by atomic mass is 10.1. The van der Waals surface area contributed by atoms with E-state index in [9.17, 15) is 24.1 Å². The zero-order valence-corrected chi connectivity index (χ0v) is 26.0. The molecule has 0 saturated carbocycles. The summed E-state index contributed by atoms with van der Waals surface area (Å²) in [5.74, 6) is -0.128. The largest absolute Gasteiger partial charge is 0.386 e. The molecule has 3 aliphatic heterocycles. The van der Waals surface area contributed by atoms with Gasteiger partial charge in [-0.25, -0.2) is 29.1 Å². The molecule has 45 heavy (non-hydrogen) atoms. The van der Waals surface area contributed by atoms with E-state index in [-0.39, 0.29) is 34.1 Å². The molecule has 242 valence electrons. The molecule has 0 aliphatic carbocycles. The highest BCUT2D eigenvalue weighted by Gasteiger charge is 2.53. The van der Waals surface area contributed by atoms with Crippen molar-refractivity contribution in [1.29, 1.82) is 0 Å². The molecule has 0 radical (unpaired) electrons. The fourth-order valence-corrected chi connectivity index (χ4v) is 8.30. The van der Waals surface area contributed by atoms with Crippen LogP contribution in [0.1, 0.15) is 12.5 Å². The Bertz CT molecular complexity index is 1940. The van der Waals surface area contributed by atoms with Gasteiger partial charge < -0.3 is 31.2 Å². The third-order valence-corrected chi connectivity index (χ3v) is 10.5. The van der Waals surface area contributed by atoms with E-state index in [0.717, 1.165) is 0 Å². The second kappa shape index (κ2) is 11.2. The molecule has 0 bridgehead atoms. The van der Waals surface area contributed by atoms with E-state index in [1.807, 2.05) is 0 Å². The summed E-state index contributed by atoms with van der Waals surface area (Å²) in [5.41, 5.74) is 11.2. The van der Waals surface area contributed by atoms with E-state index in [0.29, 0.717) is 0 Å². The first-order valence-corrected chi connectivity index (χ1v) is 18.3. The van der Waals surface area contributed by atoms with E-state index in [1.165, 1.54) is 28.1 Å². The Balaban J connectivity index is 1.17. The van der Waals surface area contributed by atoms with Crippen molar-refractivity contribution in [2.75, 3.05) is 24.7 Å². The molecule has 0 spiro atoms. The lowest BCUT2D eigenvalue weighted by molar-refractivity contribution is -0.0561. The molecule has 7 N–H and O–H groups in total. The summed E-state index contributed by atoms with van der Waals surface area (Å²) in [6.07, 6.45) is -7.35. The number of fused-ring (bicyclic) bond motifs is 4. The highest BCUT2D eigenvalue weighted by molar-refractivity contribution is 8.44. The third-order valence-electron chi connectivity index (χ3n) is 7.32. The number of H-pyrrole nitrogens is 1. The number of nitrogens with zero attached hydrogens (tertiary/aromatic N) is 7. The molecule has 7 rings (SSSR count). The Morgan fingerprint density at radius 3 is 1.96 bits per heavy atom. The van der Waals surface area contributed by atoms with Gasteiger partial charge in [0.05, 0.1) is 25.9 Å². The molecule has 4 aromatic heterocycles. The molecule has 3 saturated heterocycles. The SMILES string of the molecule is Nc1nc2c(ncn2[C@@H]2O[C@@H]3CO[P@@](=O)(S)O[C@H]4[C@@H](O)[C@H](n5cnc6c(N)ncnc65)O[C@@H]4COP(=O)(S)O[C@H]3[C@H]2O)c(=O)[nH]1. The van der Waals surface area contributed by atoms with Gasteiger partial charge in [0.1, 0.15) is 48.5 Å². The number of nitrogens with two attached hydrogens (primary N) is 2. The number of rotatable bonds is 2. The zero-order valence-electron chi connectivity index (χ0n) is 22.4. The van der Waals surface area contributed by atoms with Crippen LogP contribution in [0.5, 0.6) is 0 Å². The number of anilines is 2. The van der Waals surface area contributed by atoms with E-state index < -0.39 is 81.4 Å². The molecule has 21 nitrogen and oxygen atoms in total. The van der Waals surface area contributed by atoms with Crippen molar-refractivity contribution in [1.82, 2.24) is 39.0 Å². The predicted molar refractivity (Wildman–Crippen MR) is 157 cm³/mol. The van der Waals surface area contributed by atoms with E-state index >= 15 is 0 Å². The zero-order chi connectivity index (χ0) is 31.8. The molecule has 0 aromatic carbocycles. The van der Waals surface area contributed by atoms with Gasteiger partial charge in [0.25, 0.3) is 5.56 Å². The van der Waals surface area contributed by atoms with E-state index in [2.05, 4.69) is 54.4 Å². The van der Waals surface area contributed by atoms with Gasteiger partial charge >= 0.3 is 13.6 Å². The summed E-state index contributed by atoms with van der Waals surface area (Å²) in [6, 6.07) is 0. The van der Waals surface area contributed by atoms with Crippen LogP contribution in [0.4, 0.5) is 11.8 Å². The molecule has 7 heterocycles. The van der Waals surface area contributed by atoms with Crippen LogP contribution in [-0.2, 0) is 36.7 Å². The summed E-state index contributed by atoms with van der Waals surface area (Å²) in [4.78, 5) is 34.8. The first kappa shape index (κ1) is 31.0. The molecule has 1 unspecified atom stereocenters. The van der Waals surface area contributed by atoms with Gasteiger partial charge in [-0.3, -0.25) is 37.0 Å². The van der Waals surface area contributed by atoms with Crippen molar-refractivity contribution in [2.45, 2.75) is 49.1 Å². The van der Waals surface area contributed by atoms with Gasteiger partial charge in [0, 0.05) is 0 Å². The minimum atomic E-state index is -4.32. The predicted octanol–water partition coefficient (Wildman–Crippen LogP) is -0.467. The topological polar surface area (TPSA) is 289 Å². The smallest absolute Gasteiger partial charge is 0.386 e. The number of aliphatic hydroxyl groups excluding tert-OH is 2. The number of hydrogen-bond acceptors (Lipinski definition) is 18. The van der Waals surface area contributed by atoms with Gasteiger partial charge in [-0.15, -0.1) is 0 Å². The van der Waals surface area contributed by atoms with E-state index in [4.69, 9.17) is 39.0 Å². The van der Waals surface area contributed by atoms with Crippen LogP contribution in [0.2, 0.25) is 0 Å². The summed E-state index contributed by atoms with van der Waals surface area (Å²) in [7, 11) is 0. The monoisotopic (exact) mass is 706 g/mol. The normalized spacial score (nSPS) is 37.7. The Morgan fingerprint density at radius 2 is 1.38 bits per heavy atom. The van der Waals surface area contributed by atoms with Crippen molar-refractivity contribution in [3.05, 3.63) is 29.3 Å². The summed E-state index contributed by atoms with van der Waals surface area (Å²) in [6.45, 7) is -9.78. The van der Waals surface area contributed by atoms with Crippen LogP contribution in [-0.4, -0.2) is 99.1 Å². The fraction of sp³-hybridized carbons (Fsp3) is 0.500. The maximum absolute atomic E-state index is 13.4. The number of aliphatic hydroxyl groups is 2. The highest BCUT2D eigenvalue weighted by atomic mass is 32.7. The number of nitrogen functional groups attached to an aromatic ring is 2. The fourth-order valence-electron chi connectivity index (χ4n) is 5.32. The lowest BCUT2D eigenvalue weighted by Gasteiger charge is -2.28. The molecule has 3 fully saturated rings. The number of aromatic nitrogens is 8. The summed E-state index contributed by atoms with van der Waals surface area (Å²) >= 11 is 8.12. The minimum Gasteiger partial charge on any atom is -0.386 e. The highest BCUT2D eigenvalue weighted by Crippen LogP contribution is 2.60. The second-order valence-electron chi connectivity index (χ2n) is 10.1. The van der Waals surface area contributed by atoms with Gasteiger partial charge in [0.15, 0.2) is 35.1 Å². The number of hydrogen-bond donors (Lipinski definition) is 7. The van der Waals surface area contributed by atoms with Crippen LogP contribution in [0.25, 0.3) is 22.3 Å². The average Bonchev–Trinajstić information content (AvgIpc) is 3.72. The number of nitrogens with one attached hydrogen (secondary N) is 1. The summed E-state index contributed by atoms with van der Waals surface area (Å²) in [5, 5.41) is 22.5. The Labute approximate surface area is 260 Å². The second-order valence-corrected chi connectivity index (χ2v) is 15.9. The van der Waals surface area contributed by atoms with Gasteiger partial charge in [-0.2, -0.15) is 4.98 Å². The van der Waals surface area contributed by atoms with Crippen LogP contribution in [0.3, 0.4) is 0 Å². The Kier molecular flexibility index (Phi) is 7.74. The molecule has 3 aliphatic rings. The lowest BCUT2D eigenvalue weighted by Crippen LogP contribution is -2.38. The van der Waals surface area contributed by atoms with Crippen LogP contribution < -0.4 is 17.0 Å². The Morgan fingerprint density at radius 1 is 0.844 bits per heavy atom. The number of imidazole rings is 2. The number of aromatic amines is 1. The van der Waals surface area contributed by atoms with Crippen molar-refractivity contribution in [2.24, 2.45) is 0 Å². The van der Waals surface area contributed by atoms with Crippen LogP contribution in [0.15, 0.2) is 23.8 Å². The maximum atomic E-state index is 13.4. The molecule has 4 aromatic rings. The molecule has 0 amide bonds. The van der Waals surface area contributed by atoms with Crippen molar-refractivity contribution >= 4 is 72.2 Å². The molecular formula is C20H24N10O11P2S2. The first-order valence-electron chi connectivity index (χ1n) is 13.0.